The van der Waals surface area contributed by atoms with Gasteiger partial charge >= 0.3 is 17.3 Å². The topological polar surface area (TPSA) is 171 Å². The average molecular weight is 883 g/mol. The first kappa shape index (κ1) is 44.8. The first-order valence-electron chi connectivity index (χ1n) is 25.7. The molecule has 0 bridgehead atoms. The van der Waals surface area contributed by atoms with Crippen molar-refractivity contribution in [1.82, 2.24) is 15.5 Å². The first-order chi connectivity index (χ1) is 30.5. The lowest BCUT2D eigenvalue weighted by molar-refractivity contribution is -0.201. The average Bonchev–Trinajstić information content (AvgIpc) is 3.73. The summed E-state index contributed by atoms with van der Waals surface area (Å²) in [6.07, 6.45) is 22.7. The quantitative estimate of drug-likeness (QED) is 0.205. The second kappa shape index (κ2) is 16.4. The van der Waals surface area contributed by atoms with E-state index in [1.807, 2.05) is 17.0 Å². The predicted molar refractivity (Wildman–Crippen MR) is 247 cm³/mol. The van der Waals surface area contributed by atoms with Crippen molar-refractivity contribution in [3.8, 4) is 0 Å². The zero-order chi connectivity index (χ0) is 44.9. The third-order valence-corrected chi connectivity index (χ3v) is 21.7. The molecule has 0 spiro atoms. The van der Waals surface area contributed by atoms with Crippen LogP contribution in [0.5, 0.6) is 0 Å². The number of nitrogens with one attached hydrogen (secondary N) is 2. The van der Waals surface area contributed by atoms with Gasteiger partial charge in [-0.3, -0.25) is 0 Å². The summed E-state index contributed by atoms with van der Waals surface area (Å²) in [7, 11) is 0. The minimum Gasteiger partial charge on any atom is -0.431 e. The molecule has 64 heavy (non-hydrogen) atoms. The number of piperazine rings is 1. The van der Waals surface area contributed by atoms with Gasteiger partial charge in [0.15, 0.2) is 0 Å². The maximum Gasteiger partial charge on any atom is 0.335 e. The third kappa shape index (κ3) is 6.95. The van der Waals surface area contributed by atoms with Crippen molar-refractivity contribution >= 4 is 6.03 Å². The van der Waals surface area contributed by atoms with E-state index >= 15 is 0 Å². The van der Waals surface area contributed by atoms with Crippen molar-refractivity contribution in [3.05, 3.63) is 68.8 Å². The van der Waals surface area contributed by atoms with Crippen LogP contribution in [0.3, 0.4) is 0 Å². The van der Waals surface area contributed by atoms with E-state index < -0.39 is 11.2 Å². The van der Waals surface area contributed by atoms with Gasteiger partial charge in [0.2, 0.25) is 0 Å². The van der Waals surface area contributed by atoms with E-state index in [1.165, 1.54) is 37.8 Å². The highest BCUT2D eigenvalue weighted by Gasteiger charge is 2.69. The van der Waals surface area contributed by atoms with Gasteiger partial charge in [-0.2, -0.15) is 0 Å². The van der Waals surface area contributed by atoms with Crippen molar-refractivity contribution in [3.63, 3.8) is 0 Å². The Kier molecular flexibility index (Phi) is 11.5. The second-order valence-electron chi connectivity index (χ2n) is 23.9. The van der Waals surface area contributed by atoms with Crippen LogP contribution in [0.15, 0.2) is 55.2 Å². The summed E-state index contributed by atoms with van der Waals surface area (Å²) in [5.74, 6) is 3.70. The number of hydrogen-bond acceptors (Lipinski definition) is 9. The Morgan fingerprint density at radius 3 is 1.64 bits per heavy atom. The molecule has 16 atom stereocenters. The molecule has 9 fully saturated rings. The van der Waals surface area contributed by atoms with Gasteiger partial charge in [-0.25, -0.2) is 14.4 Å². The molecule has 8 saturated carbocycles. The summed E-state index contributed by atoms with van der Waals surface area (Å²) < 4.78 is 10.4. The normalized spacial score (nSPS) is 47.0. The molecule has 0 aromatic carbocycles. The molecule has 2 aromatic heterocycles. The van der Waals surface area contributed by atoms with Crippen molar-refractivity contribution in [2.45, 2.75) is 178 Å². The van der Waals surface area contributed by atoms with Crippen LogP contribution in [-0.2, 0) is 0 Å². The maximum absolute atomic E-state index is 12.8. The van der Waals surface area contributed by atoms with Crippen molar-refractivity contribution in [1.29, 1.82) is 0 Å². The minimum absolute atomic E-state index is 0.107. The predicted octanol–water partition coefficient (Wildman–Crippen LogP) is 8.07. The smallest absolute Gasteiger partial charge is 0.335 e. The zero-order valence-electron chi connectivity index (χ0n) is 39.3. The zero-order valence-corrected chi connectivity index (χ0v) is 39.3. The Morgan fingerprint density at radius 1 is 0.641 bits per heavy atom. The number of carbonyl (C=O) groups is 1. The molecule has 9 aliphatic rings. The lowest BCUT2D eigenvalue weighted by Gasteiger charge is -2.63. The van der Waals surface area contributed by atoms with Gasteiger partial charge in [0.25, 0.3) is 0 Å². The van der Waals surface area contributed by atoms with Crippen LogP contribution < -0.4 is 27.6 Å². The van der Waals surface area contributed by atoms with Crippen molar-refractivity contribution in [2.75, 3.05) is 26.2 Å². The molecule has 1 saturated heterocycles. The summed E-state index contributed by atoms with van der Waals surface area (Å²) in [5, 5.41) is 31.3. The number of nitrogens with zero attached hydrogens (tertiary/aromatic N) is 1. The SMILES string of the molecule is C[C@]12CC[C@@H](N)C[C@H]1CC[C@@H]1[C@@H]2CC[C@]2(C)[C@@H](c3ccc(=O)oc3)CC[C@]12O.C[C@]12CC[C@@H](NC(=O)N3CCNCC3)C[C@H]1CC[C@@H]1[C@@H]2CC[C@]2(C)[C@@H](c3ccc(=O)oc3)CC[C@]12O. The number of urea groups is 1. The van der Waals surface area contributed by atoms with Crippen LogP contribution >= 0.6 is 0 Å². The van der Waals surface area contributed by atoms with Crippen LogP contribution in [0.1, 0.15) is 166 Å². The molecular weight excluding hydrogens is 805 g/mol. The van der Waals surface area contributed by atoms with Gasteiger partial charge in [0.1, 0.15) is 0 Å². The molecule has 8 aliphatic carbocycles. The highest BCUT2D eigenvalue weighted by atomic mass is 16.4. The van der Waals surface area contributed by atoms with E-state index in [2.05, 4.69) is 38.3 Å². The molecule has 2 aromatic rings. The highest BCUT2D eigenvalue weighted by molar-refractivity contribution is 5.74. The first-order valence-corrected chi connectivity index (χ1v) is 25.7. The highest BCUT2D eigenvalue weighted by Crippen LogP contribution is 2.72. The third-order valence-electron chi connectivity index (χ3n) is 21.7. The summed E-state index contributed by atoms with van der Waals surface area (Å²) in [6.45, 7) is 12.9. The number of rotatable bonds is 3. The van der Waals surface area contributed by atoms with E-state index in [-0.39, 0.29) is 51.4 Å². The number of amides is 2. The minimum atomic E-state index is -0.669. The summed E-state index contributed by atoms with van der Waals surface area (Å²) in [6, 6.07) is 7.62. The lowest BCUT2D eigenvalue weighted by atomic mass is 9.43. The molecule has 352 valence electrons. The molecule has 2 amide bonds. The second-order valence-corrected chi connectivity index (χ2v) is 23.9. The van der Waals surface area contributed by atoms with Crippen molar-refractivity contribution in [2.24, 2.45) is 62.9 Å². The molecule has 1 aliphatic heterocycles. The Bertz CT molecular complexity index is 2130. The fraction of sp³-hybridized carbons (Fsp3) is 0.792. The monoisotopic (exact) mass is 883 g/mol. The number of fused-ring (bicyclic) bond motifs is 10. The number of carbonyl (C=O) groups excluding carboxylic acids is 1. The number of hydrogen-bond donors (Lipinski definition) is 5. The Hall–Kier alpha value is -2.99. The number of nitrogens with two attached hydrogens (primary N) is 1. The standard InChI is InChI=1S/C29H43N3O4.C24H35NO3/c1-27-10-7-21(31-26(34)32-15-13-30-14-16-32)17-20(27)4-5-24-23(27)8-11-28(2)22(9-12-29(24,28)35)19-3-6-25(33)36-18-19;1-22-10-7-17(25)13-16(22)4-5-20-19(22)8-11-23(2)18(9-12-24(20,23)27)15-3-6-21(26)28-14-15/h3,6,18,20-24,30,35H,4-5,7-17H2,1-2H3,(H,31,34);3,6,14,16-20,27H,4-5,7-13,25H2,1-2H3/t20-,21-,22-,23+,24-,27+,28-,29+;16-,17-,18-,19+,20-,22+,23-,24+/m11/s1. The van der Waals surface area contributed by atoms with E-state index in [0.717, 1.165) is 133 Å². The Balaban J connectivity index is 0.000000156. The van der Waals surface area contributed by atoms with E-state index in [4.69, 9.17) is 14.6 Å². The van der Waals surface area contributed by atoms with Crippen molar-refractivity contribution < 1.29 is 23.8 Å². The van der Waals surface area contributed by atoms with Gasteiger partial charge in [0, 0.05) is 61.2 Å². The van der Waals surface area contributed by atoms with Crippen LogP contribution in [0.2, 0.25) is 0 Å². The van der Waals surface area contributed by atoms with E-state index in [0.29, 0.717) is 41.0 Å². The molecule has 0 unspecified atom stereocenters. The van der Waals surface area contributed by atoms with Gasteiger partial charge in [-0.05, 0) is 197 Å². The summed E-state index contributed by atoms with van der Waals surface area (Å²) in [4.78, 5) is 37.7. The van der Waals surface area contributed by atoms with Gasteiger partial charge < -0.3 is 40.3 Å². The number of aliphatic hydroxyl groups is 2. The molecule has 11 heteroatoms. The maximum atomic E-state index is 12.8. The largest absolute Gasteiger partial charge is 0.431 e. The summed E-state index contributed by atoms with van der Waals surface area (Å²) >= 11 is 0. The molecule has 6 N–H and O–H groups in total. The van der Waals surface area contributed by atoms with E-state index in [1.54, 1.807) is 12.5 Å². The fourth-order valence-corrected chi connectivity index (χ4v) is 18.0. The fourth-order valence-electron chi connectivity index (χ4n) is 18.0. The van der Waals surface area contributed by atoms with Gasteiger partial charge in [-0.15, -0.1) is 0 Å². The van der Waals surface area contributed by atoms with Gasteiger partial charge in [0.05, 0.1) is 23.7 Å². The summed E-state index contributed by atoms with van der Waals surface area (Å²) in [5.41, 5.74) is 6.82. The van der Waals surface area contributed by atoms with E-state index in [9.17, 15) is 24.6 Å². The lowest BCUT2D eigenvalue weighted by Crippen LogP contribution is -2.62. The Morgan fingerprint density at radius 2 is 1.14 bits per heavy atom. The van der Waals surface area contributed by atoms with Gasteiger partial charge in [-0.1, -0.05) is 27.7 Å². The molecule has 11 rings (SSSR count). The molecule has 3 heterocycles. The van der Waals surface area contributed by atoms with Crippen LogP contribution in [-0.4, -0.2) is 70.6 Å². The molecular formula is C53H78N4O7. The Labute approximate surface area is 380 Å². The van der Waals surface area contributed by atoms with Crippen LogP contribution in [0.4, 0.5) is 4.79 Å². The molecule has 0 radical (unpaired) electrons. The van der Waals surface area contributed by atoms with Crippen LogP contribution in [0, 0.1) is 57.2 Å². The molecule has 11 nitrogen and oxygen atoms in total. The van der Waals surface area contributed by atoms with Crippen LogP contribution in [0.25, 0.3) is 0 Å².